The molecule has 0 aliphatic carbocycles. The van der Waals surface area contributed by atoms with Crippen molar-refractivity contribution < 1.29 is 37.0 Å². The Bertz CT molecular complexity index is 1190. The number of alkyl halides is 3. The lowest BCUT2D eigenvalue weighted by molar-refractivity contribution is -0.274. The molecular formula is C21H16ClF3N2O5. The third-order valence-electron chi connectivity index (χ3n) is 5.05. The van der Waals surface area contributed by atoms with Crippen molar-refractivity contribution in [2.24, 2.45) is 0 Å². The Labute approximate surface area is 184 Å². The number of hydrogen-bond donors (Lipinski definition) is 1. The van der Waals surface area contributed by atoms with Gasteiger partial charge in [-0.3, -0.25) is 4.79 Å². The summed E-state index contributed by atoms with van der Waals surface area (Å²) in [4.78, 5) is 27.4. The Balaban J connectivity index is 1.46. The Morgan fingerprint density at radius 2 is 1.78 bits per heavy atom. The van der Waals surface area contributed by atoms with Crippen molar-refractivity contribution in [2.75, 3.05) is 31.1 Å². The smallest absolute Gasteiger partial charge is 0.475 e. The molecule has 0 bridgehead atoms. The molecule has 0 unspecified atom stereocenters. The van der Waals surface area contributed by atoms with Gasteiger partial charge in [-0.2, -0.15) is 0 Å². The van der Waals surface area contributed by atoms with Gasteiger partial charge in [0.05, 0.1) is 10.7 Å². The molecule has 32 heavy (non-hydrogen) atoms. The van der Waals surface area contributed by atoms with Crippen molar-refractivity contribution >= 4 is 40.1 Å². The van der Waals surface area contributed by atoms with Crippen LogP contribution in [0, 0.1) is 0 Å². The van der Waals surface area contributed by atoms with Gasteiger partial charge in [0, 0.05) is 43.2 Å². The average molecular weight is 469 g/mol. The molecule has 0 radical (unpaired) electrons. The minimum atomic E-state index is -4.84. The number of piperazine rings is 1. The highest BCUT2D eigenvalue weighted by Crippen LogP contribution is 2.36. The summed E-state index contributed by atoms with van der Waals surface area (Å²) in [5.74, 6) is -2.27. The van der Waals surface area contributed by atoms with Crippen LogP contribution in [-0.4, -0.2) is 54.4 Å². The second kappa shape index (κ2) is 8.27. The van der Waals surface area contributed by atoms with Crippen LogP contribution in [0.2, 0.25) is 5.02 Å². The highest BCUT2D eigenvalue weighted by atomic mass is 35.5. The van der Waals surface area contributed by atoms with E-state index in [-0.39, 0.29) is 11.3 Å². The van der Waals surface area contributed by atoms with E-state index in [0.29, 0.717) is 47.9 Å². The fourth-order valence-electron chi connectivity index (χ4n) is 3.58. The van der Waals surface area contributed by atoms with E-state index in [4.69, 9.17) is 21.1 Å². The van der Waals surface area contributed by atoms with E-state index in [2.05, 4.69) is 4.74 Å². The number of hydrogen-bond acceptors (Lipinski definition) is 5. The number of ether oxygens (including phenoxy) is 1. The molecule has 1 aromatic heterocycles. The van der Waals surface area contributed by atoms with Gasteiger partial charge in [-0.05, 0) is 30.3 Å². The first-order valence-corrected chi connectivity index (χ1v) is 9.85. The number of halogens is 4. The second-order valence-electron chi connectivity index (χ2n) is 7.08. The minimum absolute atomic E-state index is 0.0965. The molecule has 3 aromatic rings. The zero-order valence-electron chi connectivity index (χ0n) is 16.4. The second-order valence-corrected chi connectivity index (χ2v) is 7.46. The van der Waals surface area contributed by atoms with Crippen molar-refractivity contribution in [3.8, 4) is 5.75 Å². The highest BCUT2D eigenvalue weighted by molar-refractivity contribution is 6.38. The van der Waals surface area contributed by atoms with Gasteiger partial charge in [0.1, 0.15) is 11.3 Å². The number of carboxylic acids is 1. The first-order valence-electron chi connectivity index (χ1n) is 9.48. The fraction of sp³-hybridized carbons (Fsp3) is 0.238. The van der Waals surface area contributed by atoms with Crippen molar-refractivity contribution in [1.82, 2.24) is 4.90 Å². The van der Waals surface area contributed by atoms with E-state index in [1.165, 1.54) is 23.1 Å². The van der Waals surface area contributed by atoms with E-state index in [1.807, 2.05) is 4.90 Å². The summed E-state index contributed by atoms with van der Waals surface area (Å²) in [6.07, 6.45) is -4.84. The number of rotatable bonds is 4. The minimum Gasteiger partial charge on any atom is -0.475 e. The maximum Gasteiger partial charge on any atom is 0.573 e. The molecule has 168 valence electrons. The molecule has 1 amide bonds. The van der Waals surface area contributed by atoms with Crippen LogP contribution in [0.15, 0.2) is 46.9 Å². The SMILES string of the molecule is O=C(O)c1cc2c(Cl)c(N3CCN(C(=O)c4cccc(OC(F)(F)F)c4)CC3)ccc2o1. The van der Waals surface area contributed by atoms with E-state index in [1.54, 1.807) is 12.1 Å². The standard InChI is InChI=1S/C21H16ClF3N2O5/c22-18-14-11-17(20(29)30)31-16(14)5-4-15(18)26-6-8-27(9-7-26)19(28)12-2-1-3-13(10-12)32-21(23,24)25/h1-5,10-11H,6-9H2,(H,29,30). The van der Waals surface area contributed by atoms with E-state index in [9.17, 15) is 22.8 Å². The summed E-state index contributed by atoms with van der Waals surface area (Å²) in [6, 6.07) is 9.66. The summed E-state index contributed by atoms with van der Waals surface area (Å²) in [7, 11) is 0. The molecule has 0 spiro atoms. The van der Waals surface area contributed by atoms with Gasteiger partial charge in [0.25, 0.3) is 5.91 Å². The lowest BCUT2D eigenvalue weighted by Gasteiger charge is -2.36. The number of carboxylic acid groups (broad SMARTS) is 1. The first kappa shape index (κ1) is 21.8. The van der Waals surface area contributed by atoms with Gasteiger partial charge in [0.2, 0.25) is 5.76 Å². The maximum absolute atomic E-state index is 12.7. The number of fused-ring (bicyclic) bond motifs is 1. The van der Waals surface area contributed by atoms with Crippen LogP contribution in [0.4, 0.5) is 18.9 Å². The molecule has 7 nitrogen and oxygen atoms in total. The number of furan rings is 1. The molecule has 4 rings (SSSR count). The molecule has 1 fully saturated rings. The predicted octanol–water partition coefficient (Wildman–Crippen LogP) is 4.65. The van der Waals surface area contributed by atoms with Crippen LogP contribution < -0.4 is 9.64 Å². The lowest BCUT2D eigenvalue weighted by atomic mass is 10.1. The van der Waals surface area contributed by atoms with E-state index in [0.717, 1.165) is 12.1 Å². The van der Waals surface area contributed by atoms with Gasteiger partial charge < -0.3 is 24.1 Å². The van der Waals surface area contributed by atoms with E-state index >= 15 is 0 Å². The topological polar surface area (TPSA) is 83.2 Å². The number of carbonyl (C=O) groups is 2. The summed E-state index contributed by atoms with van der Waals surface area (Å²) in [5, 5.41) is 9.91. The number of benzene rings is 2. The molecule has 11 heteroatoms. The molecule has 2 aromatic carbocycles. The summed E-state index contributed by atoms with van der Waals surface area (Å²) in [6.45, 7) is 1.51. The molecule has 1 N–H and O–H groups in total. The largest absolute Gasteiger partial charge is 0.573 e. The molecule has 2 heterocycles. The molecule has 0 saturated carbocycles. The third kappa shape index (κ3) is 4.45. The summed E-state index contributed by atoms with van der Waals surface area (Å²) >= 11 is 6.48. The van der Waals surface area contributed by atoms with Crippen LogP contribution in [0.3, 0.4) is 0 Å². The van der Waals surface area contributed by atoms with Crippen LogP contribution in [0.25, 0.3) is 11.0 Å². The average Bonchev–Trinajstić information content (AvgIpc) is 3.18. The van der Waals surface area contributed by atoms with Crippen molar-refractivity contribution in [2.45, 2.75) is 6.36 Å². The Morgan fingerprint density at radius 1 is 1.06 bits per heavy atom. The molecular weight excluding hydrogens is 453 g/mol. The third-order valence-corrected chi connectivity index (χ3v) is 5.44. The fourth-order valence-corrected chi connectivity index (χ4v) is 3.91. The number of nitrogens with zero attached hydrogens (tertiary/aromatic N) is 2. The summed E-state index contributed by atoms with van der Waals surface area (Å²) in [5.41, 5.74) is 1.12. The monoisotopic (exact) mass is 468 g/mol. The Kier molecular flexibility index (Phi) is 5.64. The zero-order valence-corrected chi connectivity index (χ0v) is 17.1. The van der Waals surface area contributed by atoms with Crippen molar-refractivity contribution in [1.29, 1.82) is 0 Å². The predicted molar refractivity (Wildman–Crippen MR) is 109 cm³/mol. The van der Waals surface area contributed by atoms with Crippen LogP contribution >= 0.6 is 11.6 Å². The normalized spacial score (nSPS) is 14.6. The van der Waals surface area contributed by atoms with Gasteiger partial charge in [-0.15, -0.1) is 13.2 Å². The highest BCUT2D eigenvalue weighted by Gasteiger charge is 2.31. The van der Waals surface area contributed by atoms with Crippen LogP contribution in [0.1, 0.15) is 20.9 Å². The Morgan fingerprint density at radius 3 is 2.44 bits per heavy atom. The number of carbonyl (C=O) groups excluding carboxylic acids is 1. The molecule has 1 aliphatic heterocycles. The zero-order chi connectivity index (χ0) is 23.0. The van der Waals surface area contributed by atoms with E-state index < -0.39 is 24.0 Å². The van der Waals surface area contributed by atoms with Gasteiger partial charge in [0.15, 0.2) is 0 Å². The number of amides is 1. The van der Waals surface area contributed by atoms with Gasteiger partial charge in [-0.1, -0.05) is 17.7 Å². The number of aromatic carboxylic acids is 1. The van der Waals surface area contributed by atoms with Crippen LogP contribution in [0.5, 0.6) is 5.75 Å². The quantitative estimate of drug-likeness (QED) is 0.600. The van der Waals surface area contributed by atoms with Crippen molar-refractivity contribution in [3.05, 3.63) is 58.8 Å². The van der Waals surface area contributed by atoms with Gasteiger partial charge >= 0.3 is 12.3 Å². The Hall–Kier alpha value is -3.40. The van der Waals surface area contributed by atoms with Crippen molar-refractivity contribution in [3.63, 3.8) is 0 Å². The van der Waals surface area contributed by atoms with Crippen LogP contribution in [-0.2, 0) is 0 Å². The van der Waals surface area contributed by atoms with Gasteiger partial charge in [-0.25, -0.2) is 4.79 Å². The lowest BCUT2D eigenvalue weighted by Crippen LogP contribution is -2.48. The first-order chi connectivity index (χ1) is 15.1. The maximum atomic E-state index is 12.7. The number of anilines is 1. The molecule has 1 aliphatic rings. The molecule has 0 atom stereocenters. The summed E-state index contributed by atoms with van der Waals surface area (Å²) < 4.78 is 46.4. The molecule has 1 saturated heterocycles.